The van der Waals surface area contributed by atoms with E-state index in [-0.39, 0.29) is 45.5 Å². The number of ether oxygens (including phenoxy) is 2. The monoisotopic (exact) mass is 1010 g/mol. The van der Waals surface area contributed by atoms with E-state index >= 15 is 0 Å². The summed E-state index contributed by atoms with van der Waals surface area (Å²) in [6, 6.07) is 33.5. The number of amides is 6. The second kappa shape index (κ2) is 20.3. The van der Waals surface area contributed by atoms with Crippen LogP contribution >= 0.6 is 0 Å². The van der Waals surface area contributed by atoms with Crippen molar-refractivity contribution >= 4 is 69.6 Å². The third-order valence-electron chi connectivity index (χ3n) is 13.1. The SMILES string of the molecule is CNc1cc(C(=O)Nc2cccnc2-c2ccccn2)cc(N2C(=O)C3C=CC=C(Oc4cccc(OC5=CC=CC6C(=O)N(c7cc(NC)cc(C(=O)Nc8cccnc8-c8ccccn8)c7)C(=O)C56)c4)C3C2=O)c1. The summed E-state index contributed by atoms with van der Waals surface area (Å²) in [5.41, 5.74) is 4.57. The highest BCUT2D eigenvalue weighted by Crippen LogP contribution is 2.43. The van der Waals surface area contributed by atoms with Gasteiger partial charge in [0.25, 0.3) is 11.8 Å². The molecule has 4 aromatic heterocycles. The van der Waals surface area contributed by atoms with Gasteiger partial charge in [0.15, 0.2) is 0 Å². The van der Waals surface area contributed by atoms with E-state index in [1.807, 2.05) is 12.1 Å². The van der Waals surface area contributed by atoms with Gasteiger partial charge in [-0.1, -0.05) is 42.5 Å². The van der Waals surface area contributed by atoms with Crippen LogP contribution in [0, 0.1) is 23.7 Å². The molecule has 2 aliphatic heterocycles. The Morgan fingerprint density at radius 1 is 0.487 bits per heavy atom. The number of carbonyl (C=O) groups is 6. The lowest BCUT2D eigenvalue weighted by Gasteiger charge is -2.22. The first-order valence-electron chi connectivity index (χ1n) is 24.1. The third-order valence-corrected chi connectivity index (χ3v) is 13.1. The lowest BCUT2D eigenvalue weighted by molar-refractivity contribution is -0.123. The van der Waals surface area contributed by atoms with E-state index in [0.717, 1.165) is 9.80 Å². The number of rotatable bonds is 14. The fraction of sp³-hybridized carbons (Fsp3) is 0.103. The number of aromatic nitrogens is 4. The summed E-state index contributed by atoms with van der Waals surface area (Å²) in [5.74, 6) is -6.10. The molecule has 2 aliphatic carbocycles. The molecule has 4 atom stereocenters. The summed E-state index contributed by atoms with van der Waals surface area (Å²) >= 11 is 0. The number of nitrogens with one attached hydrogen (secondary N) is 4. The van der Waals surface area contributed by atoms with Gasteiger partial charge in [-0.15, -0.1) is 0 Å². The van der Waals surface area contributed by atoms with Crippen molar-refractivity contribution in [3.05, 3.63) is 205 Å². The van der Waals surface area contributed by atoms with E-state index in [1.54, 1.807) is 172 Å². The molecule has 374 valence electrons. The van der Waals surface area contributed by atoms with E-state index in [4.69, 9.17) is 9.47 Å². The minimum Gasteiger partial charge on any atom is -0.461 e. The van der Waals surface area contributed by atoms with Gasteiger partial charge in [-0.25, -0.2) is 9.80 Å². The highest BCUT2D eigenvalue weighted by molar-refractivity contribution is 6.25. The van der Waals surface area contributed by atoms with Crippen LogP contribution in [0.1, 0.15) is 20.7 Å². The predicted octanol–water partition coefficient (Wildman–Crippen LogP) is 8.47. The van der Waals surface area contributed by atoms with E-state index in [9.17, 15) is 28.8 Å². The summed E-state index contributed by atoms with van der Waals surface area (Å²) in [5, 5.41) is 11.9. The first-order chi connectivity index (χ1) is 37.1. The lowest BCUT2D eigenvalue weighted by Crippen LogP contribution is -2.31. The fourth-order valence-corrected chi connectivity index (χ4v) is 9.54. The summed E-state index contributed by atoms with van der Waals surface area (Å²) in [4.78, 5) is 105. The van der Waals surface area contributed by atoms with Gasteiger partial charge in [0.1, 0.15) is 46.2 Å². The molecule has 6 amide bonds. The smallest absolute Gasteiger partial charge is 0.255 e. The molecule has 2 saturated heterocycles. The third kappa shape index (κ3) is 9.10. The Morgan fingerprint density at radius 3 is 1.36 bits per heavy atom. The molecule has 6 heterocycles. The number of imide groups is 2. The first-order valence-corrected chi connectivity index (χ1v) is 24.1. The normalized spacial score (nSPS) is 18.3. The Balaban J connectivity index is 0.793. The minimum absolute atomic E-state index is 0.175. The van der Waals surface area contributed by atoms with Crippen molar-refractivity contribution < 1.29 is 38.2 Å². The molecule has 18 heteroatoms. The highest BCUT2D eigenvalue weighted by atomic mass is 16.5. The summed E-state index contributed by atoms with van der Waals surface area (Å²) in [6.45, 7) is 0. The van der Waals surface area contributed by atoms with Gasteiger partial charge in [0.05, 0.1) is 46.0 Å². The number of benzene rings is 3. The van der Waals surface area contributed by atoms with Crippen LogP contribution in [0.4, 0.5) is 34.1 Å². The van der Waals surface area contributed by atoms with Crippen LogP contribution in [0.5, 0.6) is 11.5 Å². The molecular weight excluding hydrogens is 965 g/mol. The van der Waals surface area contributed by atoms with Gasteiger partial charge in [0.2, 0.25) is 23.6 Å². The van der Waals surface area contributed by atoms with Gasteiger partial charge < -0.3 is 30.7 Å². The van der Waals surface area contributed by atoms with Crippen LogP contribution in [0.15, 0.2) is 194 Å². The van der Waals surface area contributed by atoms with E-state index < -0.39 is 59.1 Å². The molecular formula is C58H44N10O8. The van der Waals surface area contributed by atoms with Gasteiger partial charge >= 0.3 is 0 Å². The molecule has 4 N–H and O–H groups in total. The molecule has 0 bridgehead atoms. The van der Waals surface area contributed by atoms with Crippen molar-refractivity contribution in [1.82, 2.24) is 19.9 Å². The van der Waals surface area contributed by atoms with Crippen molar-refractivity contribution in [3.8, 4) is 34.3 Å². The Morgan fingerprint density at radius 2 is 0.934 bits per heavy atom. The standard InChI is InChI=1S/C58H44N10O8/c1-59-35-26-33(53(69)65-45-18-10-24-63-51(45)43-16-3-5-22-61-43)28-37(30-35)67-55(71)41-14-8-20-47(49(41)57(67)73)75-39-12-7-13-40(32-39)76-48-21-9-15-42-50(48)58(74)68(56(42)72)38-29-34(27-36(31-38)60-2)54(70)66-46-19-11-25-64-52(46)44-17-4-6-23-62-44/h3-32,41-42,49-50,59-60H,1-2H3,(H,65,69)(H,66,70). The maximum absolute atomic E-state index is 14.5. The number of nitrogens with zero attached hydrogens (tertiary/aromatic N) is 6. The number of allylic oxidation sites excluding steroid dienone is 4. The van der Waals surface area contributed by atoms with Crippen LogP contribution in [-0.2, 0) is 19.2 Å². The molecule has 18 nitrogen and oxygen atoms in total. The Kier molecular flexibility index (Phi) is 12.8. The Hall–Kier alpha value is -10.4. The van der Waals surface area contributed by atoms with Crippen LogP contribution < -0.4 is 40.5 Å². The van der Waals surface area contributed by atoms with Crippen LogP contribution in [-0.4, -0.2) is 69.5 Å². The van der Waals surface area contributed by atoms with E-state index in [0.29, 0.717) is 45.5 Å². The maximum atomic E-state index is 14.5. The van der Waals surface area contributed by atoms with Crippen molar-refractivity contribution in [3.63, 3.8) is 0 Å². The highest BCUT2D eigenvalue weighted by Gasteiger charge is 2.52. The van der Waals surface area contributed by atoms with Gasteiger partial charge in [-0.3, -0.25) is 48.7 Å². The zero-order valence-corrected chi connectivity index (χ0v) is 40.6. The van der Waals surface area contributed by atoms with Crippen LogP contribution in [0.2, 0.25) is 0 Å². The zero-order valence-electron chi connectivity index (χ0n) is 40.6. The topological polar surface area (TPSA) is 227 Å². The molecule has 4 aliphatic rings. The number of hydrogen-bond donors (Lipinski definition) is 4. The minimum atomic E-state index is -1.04. The number of pyridine rings is 4. The molecule has 76 heavy (non-hydrogen) atoms. The molecule has 11 rings (SSSR count). The quantitative estimate of drug-likeness (QED) is 0.0750. The first kappa shape index (κ1) is 47.9. The van der Waals surface area contributed by atoms with Crippen molar-refractivity contribution in [1.29, 1.82) is 0 Å². The van der Waals surface area contributed by atoms with Crippen molar-refractivity contribution in [2.24, 2.45) is 23.7 Å². The molecule has 0 spiro atoms. The van der Waals surface area contributed by atoms with E-state index in [2.05, 4.69) is 41.2 Å². The summed E-state index contributed by atoms with van der Waals surface area (Å²) in [7, 11) is 3.33. The number of hydrogen-bond acceptors (Lipinski definition) is 14. The second-order valence-corrected chi connectivity index (χ2v) is 17.8. The number of carbonyl (C=O) groups excluding carboxylic acids is 6. The lowest BCUT2D eigenvalue weighted by atomic mass is 9.89. The Labute approximate surface area is 434 Å². The average molecular weight is 1010 g/mol. The number of fused-ring (bicyclic) bond motifs is 2. The maximum Gasteiger partial charge on any atom is 0.255 e. The van der Waals surface area contributed by atoms with E-state index in [1.165, 1.54) is 12.1 Å². The zero-order chi connectivity index (χ0) is 52.5. The van der Waals surface area contributed by atoms with Gasteiger partial charge in [-0.05, 0) is 109 Å². The largest absolute Gasteiger partial charge is 0.461 e. The summed E-state index contributed by atoms with van der Waals surface area (Å²) < 4.78 is 12.8. The average Bonchev–Trinajstić information content (AvgIpc) is 3.89. The van der Waals surface area contributed by atoms with Gasteiger partial charge in [0, 0.05) is 67.5 Å². The molecule has 2 fully saturated rings. The predicted molar refractivity (Wildman–Crippen MR) is 284 cm³/mol. The van der Waals surface area contributed by atoms with Crippen molar-refractivity contribution in [2.75, 3.05) is 45.2 Å². The molecule has 0 radical (unpaired) electrons. The number of anilines is 6. The summed E-state index contributed by atoms with van der Waals surface area (Å²) in [6.07, 6.45) is 16.3. The molecule has 4 unspecified atom stereocenters. The molecule has 7 aromatic rings. The van der Waals surface area contributed by atoms with Crippen LogP contribution in [0.25, 0.3) is 22.8 Å². The molecule has 0 saturated carbocycles. The van der Waals surface area contributed by atoms with Gasteiger partial charge in [-0.2, -0.15) is 0 Å². The Bertz CT molecular complexity index is 3420. The van der Waals surface area contributed by atoms with Crippen molar-refractivity contribution in [2.45, 2.75) is 0 Å². The van der Waals surface area contributed by atoms with Crippen LogP contribution in [0.3, 0.4) is 0 Å². The second-order valence-electron chi connectivity index (χ2n) is 17.8. The fourth-order valence-electron chi connectivity index (χ4n) is 9.54. The molecule has 3 aromatic carbocycles.